The number of aryl methyl sites for hydroxylation is 1. The van der Waals surface area contributed by atoms with E-state index in [9.17, 15) is 10.5 Å². The first-order valence-corrected chi connectivity index (χ1v) is 8.80. The highest BCUT2D eigenvalue weighted by molar-refractivity contribution is 5.55. The first kappa shape index (κ1) is 18.3. The van der Waals surface area contributed by atoms with Gasteiger partial charge in [0.25, 0.3) is 0 Å². The maximum atomic E-state index is 9.57. The van der Waals surface area contributed by atoms with E-state index in [1.165, 1.54) is 5.56 Å². The van der Waals surface area contributed by atoms with Crippen molar-refractivity contribution in [2.45, 2.75) is 33.3 Å². The SMILES string of the molecule is CC1=C(C#N)C(c2ccc(OCc3ccc(C)cc3)cc2)C(C#N)=C(C)N1. The van der Waals surface area contributed by atoms with Crippen molar-refractivity contribution >= 4 is 0 Å². The Bertz CT molecular complexity index is 948. The first-order valence-electron chi connectivity index (χ1n) is 8.80. The molecule has 2 aromatic carbocycles. The zero-order chi connectivity index (χ0) is 19.4. The molecule has 0 amide bonds. The van der Waals surface area contributed by atoms with Crippen LogP contribution in [-0.4, -0.2) is 0 Å². The van der Waals surface area contributed by atoms with Gasteiger partial charge in [0.2, 0.25) is 0 Å². The second-order valence-corrected chi connectivity index (χ2v) is 6.70. The summed E-state index contributed by atoms with van der Waals surface area (Å²) in [4.78, 5) is 0. The monoisotopic (exact) mass is 355 g/mol. The van der Waals surface area contributed by atoms with E-state index in [1.54, 1.807) is 0 Å². The maximum Gasteiger partial charge on any atom is 0.119 e. The predicted molar refractivity (Wildman–Crippen MR) is 104 cm³/mol. The maximum absolute atomic E-state index is 9.57. The van der Waals surface area contributed by atoms with E-state index in [-0.39, 0.29) is 5.92 Å². The number of allylic oxidation sites excluding steroid dienone is 4. The van der Waals surface area contributed by atoms with Gasteiger partial charge in [-0.15, -0.1) is 0 Å². The van der Waals surface area contributed by atoms with Crippen molar-refractivity contribution in [3.63, 3.8) is 0 Å². The third-order valence-corrected chi connectivity index (χ3v) is 4.74. The molecule has 0 saturated heterocycles. The Morgan fingerprint density at radius 3 is 1.93 bits per heavy atom. The van der Waals surface area contributed by atoms with Crippen LogP contribution in [0.5, 0.6) is 5.75 Å². The molecule has 1 heterocycles. The lowest BCUT2D eigenvalue weighted by Gasteiger charge is -2.26. The van der Waals surface area contributed by atoms with Crippen LogP contribution in [0.4, 0.5) is 0 Å². The van der Waals surface area contributed by atoms with Crippen LogP contribution in [0.25, 0.3) is 0 Å². The van der Waals surface area contributed by atoms with Crippen LogP contribution in [0.15, 0.2) is 71.1 Å². The minimum Gasteiger partial charge on any atom is -0.489 e. The van der Waals surface area contributed by atoms with Gasteiger partial charge in [0, 0.05) is 11.4 Å². The van der Waals surface area contributed by atoms with Crippen LogP contribution < -0.4 is 10.1 Å². The third kappa shape index (κ3) is 3.86. The van der Waals surface area contributed by atoms with Gasteiger partial charge < -0.3 is 10.1 Å². The summed E-state index contributed by atoms with van der Waals surface area (Å²) in [6.07, 6.45) is 0. The largest absolute Gasteiger partial charge is 0.489 e. The van der Waals surface area contributed by atoms with Crippen molar-refractivity contribution in [2.75, 3.05) is 0 Å². The third-order valence-electron chi connectivity index (χ3n) is 4.74. The standard InChI is InChI=1S/C23H21N3O/c1-15-4-6-18(7-5-15)14-27-20-10-8-19(9-11-20)23-21(12-24)16(2)26-17(3)22(23)13-25/h4-11,23,26H,14H2,1-3H3. The van der Waals surface area contributed by atoms with Crippen molar-refractivity contribution < 1.29 is 4.74 Å². The van der Waals surface area contributed by atoms with E-state index in [4.69, 9.17) is 4.74 Å². The van der Waals surface area contributed by atoms with E-state index in [0.717, 1.165) is 28.3 Å². The van der Waals surface area contributed by atoms with E-state index in [1.807, 2.05) is 38.1 Å². The van der Waals surface area contributed by atoms with E-state index in [2.05, 4.69) is 48.6 Å². The summed E-state index contributed by atoms with van der Waals surface area (Å²) in [5.41, 5.74) is 5.97. The highest BCUT2D eigenvalue weighted by atomic mass is 16.5. The molecule has 27 heavy (non-hydrogen) atoms. The summed E-state index contributed by atoms with van der Waals surface area (Å²) in [5, 5.41) is 22.3. The van der Waals surface area contributed by atoms with Crippen molar-refractivity contribution in [1.29, 1.82) is 10.5 Å². The highest BCUT2D eigenvalue weighted by Crippen LogP contribution is 2.37. The van der Waals surface area contributed by atoms with Crippen LogP contribution in [0, 0.1) is 29.6 Å². The summed E-state index contributed by atoms with van der Waals surface area (Å²) < 4.78 is 5.86. The molecule has 4 nitrogen and oxygen atoms in total. The summed E-state index contributed by atoms with van der Waals surface area (Å²) in [5.74, 6) is 0.416. The number of ether oxygens (including phenoxy) is 1. The van der Waals surface area contributed by atoms with Gasteiger partial charge in [-0.25, -0.2) is 0 Å². The number of nitrogens with zero attached hydrogens (tertiary/aromatic N) is 2. The fourth-order valence-corrected chi connectivity index (χ4v) is 3.23. The van der Waals surface area contributed by atoms with Crippen molar-refractivity contribution in [3.05, 3.63) is 87.8 Å². The number of hydrogen-bond acceptors (Lipinski definition) is 4. The van der Waals surface area contributed by atoms with Crippen LogP contribution in [0.1, 0.15) is 36.5 Å². The summed E-state index contributed by atoms with van der Waals surface area (Å²) in [6, 6.07) is 20.4. The zero-order valence-corrected chi connectivity index (χ0v) is 15.7. The molecule has 0 radical (unpaired) electrons. The fraction of sp³-hybridized carbons (Fsp3) is 0.217. The minimum atomic E-state index is -0.340. The number of benzene rings is 2. The fourth-order valence-electron chi connectivity index (χ4n) is 3.23. The predicted octanol–water partition coefficient (Wildman–Crippen LogP) is 4.86. The van der Waals surface area contributed by atoms with Crippen molar-refractivity contribution in [1.82, 2.24) is 5.32 Å². The molecule has 0 bridgehead atoms. The minimum absolute atomic E-state index is 0.340. The number of nitriles is 2. The van der Waals surface area contributed by atoms with Gasteiger partial charge in [-0.3, -0.25) is 0 Å². The van der Waals surface area contributed by atoms with Crippen LogP contribution in [0.2, 0.25) is 0 Å². The number of dihydropyridines is 1. The second kappa shape index (κ2) is 7.81. The van der Waals surface area contributed by atoms with Gasteiger partial charge in [0.1, 0.15) is 12.4 Å². The molecule has 3 rings (SSSR count). The Labute approximate surface area is 160 Å². The van der Waals surface area contributed by atoms with Crippen LogP contribution in [0.3, 0.4) is 0 Å². The lowest BCUT2D eigenvalue weighted by atomic mass is 9.81. The van der Waals surface area contributed by atoms with E-state index in [0.29, 0.717) is 17.8 Å². The highest BCUT2D eigenvalue weighted by Gasteiger charge is 2.29. The quantitative estimate of drug-likeness (QED) is 0.851. The molecule has 0 unspecified atom stereocenters. The Kier molecular flexibility index (Phi) is 5.29. The second-order valence-electron chi connectivity index (χ2n) is 6.70. The average Bonchev–Trinajstić information content (AvgIpc) is 2.67. The molecule has 1 aliphatic rings. The Morgan fingerprint density at radius 1 is 0.852 bits per heavy atom. The summed E-state index contributed by atoms with van der Waals surface area (Å²) >= 11 is 0. The molecule has 0 spiro atoms. The van der Waals surface area contributed by atoms with Crippen molar-refractivity contribution in [3.8, 4) is 17.9 Å². The Morgan fingerprint density at radius 2 is 1.41 bits per heavy atom. The normalized spacial score (nSPS) is 14.4. The molecule has 134 valence electrons. The molecule has 0 atom stereocenters. The zero-order valence-electron chi connectivity index (χ0n) is 15.7. The number of hydrogen-bond donors (Lipinski definition) is 1. The Balaban J connectivity index is 1.81. The van der Waals surface area contributed by atoms with Gasteiger partial charge in [-0.1, -0.05) is 42.0 Å². The van der Waals surface area contributed by atoms with Gasteiger partial charge in [-0.2, -0.15) is 10.5 Å². The molecule has 0 aromatic heterocycles. The van der Waals surface area contributed by atoms with Crippen LogP contribution in [-0.2, 0) is 6.61 Å². The molecule has 0 aliphatic carbocycles. The van der Waals surface area contributed by atoms with Crippen LogP contribution >= 0.6 is 0 Å². The molecule has 4 heteroatoms. The summed E-state index contributed by atoms with van der Waals surface area (Å²) in [7, 11) is 0. The first-order chi connectivity index (χ1) is 13.0. The van der Waals surface area contributed by atoms with Crippen molar-refractivity contribution in [2.24, 2.45) is 0 Å². The van der Waals surface area contributed by atoms with E-state index >= 15 is 0 Å². The average molecular weight is 355 g/mol. The number of nitrogens with one attached hydrogen (secondary N) is 1. The van der Waals surface area contributed by atoms with Gasteiger partial charge in [0.05, 0.1) is 29.2 Å². The van der Waals surface area contributed by atoms with Gasteiger partial charge in [-0.05, 0) is 44.0 Å². The molecule has 2 aromatic rings. The lowest BCUT2D eigenvalue weighted by molar-refractivity contribution is 0.306. The summed E-state index contributed by atoms with van der Waals surface area (Å²) in [6.45, 7) is 6.28. The number of rotatable bonds is 4. The molecular formula is C23H21N3O. The molecular weight excluding hydrogens is 334 g/mol. The lowest BCUT2D eigenvalue weighted by Crippen LogP contribution is -2.23. The van der Waals surface area contributed by atoms with Gasteiger partial charge in [0.15, 0.2) is 0 Å². The molecule has 0 saturated carbocycles. The smallest absolute Gasteiger partial charge is 0.119 e. The molecule has 1 aliphatic heterocycles. The van der Waals surface area contributed by atoms with E-state index < -0.39 is 0 Å². The molecule has 0 fully saturated rings. The Hall–Kier alpha value is -3.50. The molecule has 1 N–H and O–H groups in total. The topological polar surface area (TPSA) is 68.8 Å². The van der Waals surface area contributed by atoms with Gasteiger partial charge >= 0.3 is 0 Å².